The molecule has 2 aliphatic heterocycles. The molecule has 0 atom stereocenters. The van der Waals surface area contributed by atoms with E-state index < -0.39 is 0 Å². The summed E-state index contributed by atoms with van der Waals surface area (Å²) >= 11 is 0. The first-order valence-electron chi connectivity index (χ1n) is 9.69. The number of hydrogen-bond donors (Lipinski definition) is 1. The van der Waals surface area contributed by atoms with Crippen LogP contribution in [-0.4, -0.2) is 44.3 Å². The maximum Gasteiger partial charge on any atom is 0.338 e. The number of ether oxygens (including phenoxy) is 3. The zero-order valence-electron chi connectivity index (χ0n) is 16.7. The Morgan fingerprint density at radius 2 is 1.76 bits per heavy atom. The Balaban J connectivity index is 2.04. The summed E-state index contributed by atoms with van der Waals surface area (Å²) < 4.78 is 17.9. The van der Waals surface area contributed by atoms with Crippen LogP contribution in [0.15, 0.2) is 12.1 Å². The number of aromatic nitrogens is 1. The Kier molecular flexibility index (Phi) is 4.03. The normalized spacial score (nSPS) is 15.5. The second kappa shape index (κ2) is 6.49. The van der Waals surface area contributed by atoms with Gasteiger partial charge in [-0.15, -0.1) is 0 Å². The van der Waals surface area contributed by atoms with Crippen LogP contribution in [0.5, 0.6) is 11.5 Å². The molecule has 0 unspecified atom stereocenters. The smallest absolute Gasteiger partial charge is 0.338 e. The first-order valence-corrected chi connectivity index (χ1v) is 9.69. The van der Waals surface area contributed by atoms with Gasteiger partial charge in [-0.05, 0) is 42.1 Å². The van der Waals surface area contributed by atoms with Crippen LogP contribution in [0.25, 0.3) is 21.8 Å². The Morgan fingerprint density at radius 3 is 2.48 bits per heavy atom. The predicted octanol–water partition coefficient (Wildman–Crippen LogP) is 2.83. The molecule has 2 aromatic carbocycles. The fraction of sp³-hybridized carbons (Fsp3) is 0.364. The largest absolute Gasteiger partial charge is 0.493 e. The van der Waals surface area contributed by atoms with E-state index in [2.05, 4.69) is 5.32 Å². The topological polar surface area (TPSA) is 78.8 Å². The fourth-order valence-electron chi connectivity index (χ4n) is 4.90. The quantitative estimate of drug-likeness (QED) is 0.689. The minimum absolute atomic E-state index is 0.0226. The molecule has 0 spiro atoms. The van der Waals surface area contributed by atoms with Crippen LogP contribution in [-0.2, 0) is 24.1 Å². The molecular formula is C22H22N2O5. The number of aryl methyl sites for hydroxylation is 1. The summed E-state index contributed by atoms with van der Waals surface area (Å²) in [5.74, 6) is 0.868. The van der Waals surface area contributed by atoms with Crippen molar-refractivity contribution in [3.63, 3.8) is 0 Å². The van der Waals surface area contributed by atoms with Gasteiger partial charge in [0, 0.05) is 29.8 Å². The van der Waals surface area contributed by atoms with Gasteiger partial charge in [0.05, 0.1) is 37.9 Å². The standard InChI is InChI=1S/C22H22N2O5/c1-27-16-8-13-15(9-17(16)28-2)24-18(25)5-4-12-20(22(26)29-3)14-10-23-7-6-11(14)19(13)21(12)24/h8-9,23H,4-7,10H2,1-3H3. The molecule has 7 heteroatoms. The molecule has 5 rings (SSSR count). The third-order valence-electron chi connectivity index (χ3n) is 6.11. The molecule has 1 aromatic heterocycles. The second-order valence-corrected chi connectivity index (χ2v) is 7.41. The van der Waals surface area contributed by atoms with Crippen LogP contribution >= 0.6 is 0 Å². The Hall–Kier alpha value is -3.06. The highest BCUT2D eigenvalue weighted by Gasteiger charge is 2.33. The van der Waals surface area contributed by atoms with E-state index in [0.717, 1.165) is 51.5 Å². The van der Waals surface area contributed by atoms with E-state index in [9.17, 15) is 9.59 Å². The first-order chi connectivity index (χ1) is 14.1. The average Bonchev–Trinajstić information content (AvgIpc) is 3.10. The van der Waals surface area contributed by atoms with Gasteiger partial charge in [-0.25, -0.2) is 4.79 Å². The number of nitrogens with zero attached hydrogens (tertiary/aromatic N) is 1. The van der Waals surface area contributed by atoms with E-state index >= 15 is 0 Å². The van der Waals surface area contributed by atoms with Crippen LogP contribution in [0.4, 0.5) is 0 Å². The van der Waals surface area contributed by atoms with Crippen LogP contribution in [0.3, 0.4) is 0 Å². The van der Waals surface area contributed by atoms with Gasteiger partial charge in [0.25, 0.3) is 0 Å². The summed E-state index contributed by atoms with van der Waals surface area (Å²) in [4.78, 5) is 25.7. The molecule has 2 aliphatic rings. The van der Waals surface area contributed by atoms with Gasteiger partial charge >= 0.3 is 5.97 Å². The van der Waals surface area contributed by atoms with Crippen molar-refractivity contribution in [1.29, 1.82) is 0 Å². The summed E-state index contributed by atoms with van der Waals surface area (Å²) in [6.45, 7) is 1.42. The Labute approximate surface area is 167 Å². The highest BCUT2D eigenvalue weighted by atomic mass is 16.5. The van der Waals surface area contributed by atoms with Crippen LogP contribution in [0.2, 0.25) is 0 Å². The molecule has 7 nitrogen and oxygen atoms in total. The van der Waals surface area contributed by atoms with Gasteiger partial charge in [0.15, 0.2) is 11.5 Å². The number of methoxy groups -OCH3 is 3. The fourth-order valence-corrected chi connectivity index (χ4v) is 4.90. The lowest BCUT2D eigenvalue weighted by molar-refractivity contribution is 0.0596. The molecule has 150 valence electrons. The summed E-state index contributed by atoms with van der Waals surface area (Å²) in [7, 11) is 4.59. The molecule has 0 radical (unpaired) electrons. The molecule has 0 saturated heterocycles. The summed E-state index contributed by atoms with van der Waals surface area (Å²) in [5.41, 5.74) is 5.20. The van der Waals surface area contributed by atoms with Gasteiger partial charge in [0.2, 0.25) is 5.91 Å². The van der Waals surface area contributed by atoms with Crippen molar-refractivity contribution in [3.8, 4) is 11.5 Å². The zero-order chi connectivity index (χ0) is 20.3. The van der Waals surface area contributed by atoms with Crippen LogP contribution < -0.4 is 14.8 Å². The number of nitrogens with one attached hydrogen (secondary N) is 1. The average molecular weight is 394 g/mol. The minimum atomic E-state index is -0.344. The van der Waals surface area contributed by atoms with Gasteiger partial charge in [-0.3, -0.25) is 9.36 Å². The van der Waals surface area contributed by atoms with Crippen molar-refractivity contribution in [2.45, 2.75) is 25.8 Å². The maximum atomic E-state index is 13.0. The molecule has 3 aromatic rings. The maximum absolute atomic E-state index is 13.0. The Morgan fingerprint density at radius 1 is 1.00 bits per heavy atom. The van der Waals surface area contributed by atoms with E-state index in [4.69, 9.17) is 14.2 Å². The number of hydrogen-bond acceptors (Lipinski definition) is 6. The highest BCUT2D eigenvalue weighted by Crippen LogP contribution is 2.45. The number of rotatable bonds is 3. The lowest BCUT2D eigenvalue weighted by Gasteiger charge is -2.26. The number of carbonyl (C=O) groups is 2. The molecule has 1 N–H and O–H groups in total. The van der Waals surface area contributed by atoms with E-state index in [1.807, 2.05) is 12.1 Å². The van der Waals surface area contributed by atoms with Crippen LogP contribution in [0, 0.1) is 0 Å². The van der Waals surface area contributed by atoms with Gasteiger partial charge < -0.3 is 19.5 Å². The molecule has 0 bridgehead atoms. The Bertz CT molecular complexity index is 1210. The summed E-state index contributed by atoms with van der Waals surface area (Å²) in [6.07, 6.45) is 1.64. The molecular weight excluding hydrogens is 372 g/mol. The molecule has 0 fully saturated rings. The van der Waals surface area contributed by atoms with Crippen molar-refractivity contribution >= 4 is 33.7 Å². The van der Waals surface area contributed by atoms with E-state index in [0.29, 0.717) is 36.4 Å². The molecule has 0 amide bonds. The second-order valence-electron chi connectivity index (χ2n) is 7.41. The third-order valence-corrected chi connectivity index (χ3v) is 6.11. The van der Waals surface area contributed by atoms with Crippen molar-refractivity contribution in [1.82, 2.24) is 9.88 Å². The lowest BCUT2D eigenvalue weighted by Crippen LogP contribution is -2.29. The number of benzene rings is 2. The summed E-state index contributed by atoms with van der Waals surface area (Å²) in [6, 6.07) is 3.79. The van der Waals surface area contributed by atoms with Crippen molar-refractivity contribution < 1.29 is 23.8 Å². The van der Waals surface area contributed by atoms with Gasteiger partial charge in [-0.1, -0.05) is 0 Å². The monoisotopic (exact) mass is 394 g/mol. The van der Waals surface area contributed by atoms with E-state index in [-0.39, 0.29) is 11.9 Å². The number of carbonyl (C=O) groups excluding carboxylic acids is 2. The third kappa shape index (κ3) is 2.34. The van der Waals surface area contributed by atoms with E-state index in [1.54, 1.807) is 18.8 Å². The SMILES string of the molecule is COC(=O)c1c2c(c3c4cc(OC)c(OC)cc4n4c3c1CCC4=O)CCNC2. The van der Waals surface area contributed by atoms with E-state index in [1.165, 1.54) is 7.11 Å². The molecule has 0 saturated carbocycles. The predicted molar refractivity (Wildman–Crippen MR) is 108 cm³/mol. The number of esters is 1. The molecule has 0 aliphatic carbocycles. The molecule has 3 heterocycles. The first kappa shape index (κ1) is 18.0. The minimum Gasteiger partial charge on any atom is -0.493 e. The molecule has 29 heavy (non-hydrogen) atoms. The highest BCUT2D eigenvalue weighted by molar-refractivity contribution is 6.19. The zero-order valence-corrected chi connectivity index (χ0v) is 16.7. The van der Waals surface area contributed by atoms with Gasteiger partial charge in [0.1, 0.15) is 0 Å². The van der Waals surface area contributed by atoms with Crippen LogP contribution in [0.1, 0.15) is 38.3 Å². The van der Waals surface area contributed by atoms with Crippen molar-refractivity contribution in [2.75, 3.05) is 27.9 Å². The van der Waals surface area contributed by atoms with Crippen molar-refractivity contribution in [2.24, 2.45) is 0 Å². The summed E-state index contributed by atoms with van der Waals surface area (Å²) in [5, 5.41) is 5.36. The number of fused-ring (bicyclic) bond motifs is 5. The van der Waals surface area contributed by atoms with Gasteiger partial charge in [-0.2, -0.15) is 0 Å². The van der Waals surface area contributed by atoms with Crippen molar-refractivity contribution in [3.05, 3.63) is 34.4 Å². The lowest BCUT2D eigenvalue weighted by atomic mass is 9.85.